The van der Waals surface area contributed by atoms with Crippen molar-refractivity contribution in [3.05, 3.63) is 87.6 Å². The number of hydrogen-bond acceptors (Lipinski definition) is 4. The van der Waals surface area contributed by atoms with E-state index in [-0.39, 0.29) is 18.6 Å². The summed E-state index contributed by atoms with van der Waals surface area (Å²) >= 11 is 1.61. The van der Waals surface area contributed by atoms with Crippen LogP contribution in [0.1, 0.15) is 34.5 Å². The number of carbonyl (C=O) groups is 1. The fourth-order valence-corrected chi connectivity index (χ4v) is 3.50. The Kier molecular flexibility index (Phi) is 6.24. The third-order valence-electron chi connectivity index (χ3n) is 4.21. The van der Waals surface area contributed by atoms with E-state index in [0.717, 1.165) is 16.9 Å². The van der Waals surface area contributed by atoms with Gasteiger partial charge in [-0.1, -0.05) is 37.3 Å². The average molecular weight is 376 g/mol. The molecule has 1 unspecified atom stereocenters. The Hall–Kier alpha value is -3.10. The maximum atomic E-state index is 12.5. The van der Waals surface area contributed by atoms with Crippen molar-refractivity contribution in [2.45, 2.75) is 19.4 Å². The molecule has 0 spiro atoms. The van der Waals surface area contributed by atoms with Gasteiger partial charge in [0.2, 0.25) is 0 Å². The van der Waals surface area contributed by atoms with Crippen LogP contribution < -0.4 is 10.1 Å². The number of aryl methyl sites for hydroxylation is 1. The summed E-state index contributed by atoms with van der Waals surface area (Å²) in [6.07, 6.45) is 0.981. The van der Waals surface area contributed by atoms with Crippen LogP contribution in [0.5, 0.6) is 5.75 Å². The first kappa shape index (κ1) is 18.7. The highest BCUT2D eigenvalue weighted by Crippen LogP contribution is 2.26. The van der Waals surface area contributed by atoms with E-state index in [1.165, 1.54) is 5.56 Å². The Morgan fingerprint density at radius 2 is 1.89 bits per heavy atom. The predicted octanol–water partition coefficient (Wildman–Crippen LogP) is 4.47. The lowest BCUT2D eigenvalue weighted by Crippen LogP contribution is -2.32. The van der Waals surface area contributed by atoms with Crippen LogP contribution in [-0.2, 0) is 11.2 Å². The van der Waals surface area contributed by atoms with Crippen molar-refractivity contribution in [1.82, 2.24) is 5.32 Å². The Morgan fingerprint density at radius 1 is 1.15 bits per heavy atom. The van der Waals surface area contributed by atoms with Gasteiger partial charge in [-0.25, -0.2) is 0 Å². The number of benzene rings is 2. The summed E-state index contributed by atoms with van der Waals surface area (Å²) in [7, 11) is 0. The molecule has 1 atom stereocenters. The zero-order valence-electron chi connectivity index (χ0n) is 15.0. The molecular formula is C22H20N2O2S. The minimum absolute atomic E-state index is 0.0825. The molecule has 136 valence electrons. The van der Waals surface area contributed by atoms with Crippen LogP contribution in [0, 0.1) is 11.3 Å². The zero-order valence-corrected chi connectivity index (χ0v) is 15.8. The molecule has 27 heavy (non-hydrogen) atoms. The second-order valence-electron chi connectivity index (χ2n) is 6.04. The zero-order chi connectivity index (χ0) is 19.1. The molecule has 3 rings (SSSR count). The van der Waals surface area contributed by atoms with Gasteiger partial charge in [0, 0.05) is 4.88 Å². The van der Waals surface area contributed by atoms with Crippen molar-refractivity contribution in [1.29, 1.82) is 5.26 Å². The lowest BCUT2D eigenvalue weighted by atomic mass is 10.0. The second-order valence-corrected chi connectivity index (χ2v) is 7.02. The van der Waals surface area contributed by atoms with Crippen molar-refractivity contribution in [3.63, 3.8) is 0 Å². The van der Waals surface area contributed by atoms with Gasteiger partial charge < -0.3 is 10.1 Å². The van der Waals surface area contributed by atoms with Gasteiger partial charge in [-0.15, -0.1) is 11.3 Å². The van der Waals surface area contributed by atoms with E-state index in [0.29, 0.717) is 11.3 Å². The van der Waals surface area contributed by atoms with Gasteiger partial charge in [-0.2, -0.15) is 5.26 Å². The van der Waals surface area contributed by atoms with E-state index >= 15 is 0 Å². The third-order valence-corrected chi connectivity index (χ3v) is 5.14. The summed E-state index contributed by atoms with van der Waals surface area (Å²) < 4.78 is 5.54. The van der Waals surface area contributed by atoms with E-state index in [4.69, 9.17) is 10.00 Å². The van der Waals surface area contributed by atoms with E-state index in [1.807, 2.05) is 17.5 Å². The molecule has 0 radical (unpaired) electrons. The number of amides is 1. The topological polar surface area (TPSA) is 62.1 Å². The molecule has 1 N–H and O–H groups in total. The van der Waals surface area contributed by atoms with Gasteiger partial charge in [0.25, 0.3) is 5.91 Å². The number of ether oxygens (including phenoxy) is 1. The highest BCUT2D eigenvalue weighted by atomic mass is 32.1. The normalized spacial score (nSPS) is 11.4. The minimum atomic E-state index is -0.201. The van der Waals surface area contributed by atoms with Crippen LogP contribution in [0.2, 0.25) is 0 Å². The first-order chi connectivity index (χ1) is 13.2. The number of hydrogen-bond donors (Lipinski definition) is 1. The standard InChI is InChI=1S/C22H20N2O2S/c1-2-16-5-9-18(10-6-16)22(20-4-3-13-27-20)24-21(25)15-26-19-11-7-17(14-23)8-12-19/h3-13,22H,2,15H2,1H3,(H,24,25). The largest absolute Gasteiger partial charge is 0.484 e. The maximum Gasteiger partial charge on any atom is 0.258 e. The molecule has 1 heterocycles. The third kappa shape index (κ3) is 4.96. The SMILES string of the molecule is CCc1ccc(C(NC(=O)COc2ccc(C#N)cc2)c2cccs2)cc1. The van der Waals surface area contributed by atoms with Crippen LogP contribution in [0.3, 0.4) is 0 Å². The fourth-order valence-electron chi connectivity index (χ4n) is 2.70. The Morgan fingerprint density at radius 3 is 2.48 bits per heavy atom. The van der Waals surface area contributed by atoms with Gasteiger partial charge >= 0.3 is 0 Å². The van der Waals surface area contributed by atoms with Crippen LogP contribution in [0.4, 0.5) is 0 Å². The van der Waals surface area contributed by atoms with Gasteiger partial charge in [-0.3, -0.25) is 4.79 Å². The summed E-state index contributed by atoms with van der Waals surface area (Å²) in [4.78, 5) is 13.5. The lowest BCUT2D eigenvalue weighted by Gasteiger charge is -2.19. The van der Waals surface area contributed by atoms with E-state index < -0.39 is 0 Å². The highest BCUT2D eigenvalue weighted by molar-refractivity contribution is 7.10. The molecule has 0 bridgehead atoms. The summed E-state index contributed by atoms with van der Waals surface area (Å²) in [6.45, 7) is 2.04. The lowest BCUT2D eigenvalue weighted by molar-refractivity contribution is -0.123. The Bertz CT molecular complexity index is 910. The molecule has 5 heteroatoms. The molecule has 3 aromatic rings. The smallest absolute Gasteiger partial charge is 0.258 e. The van der Waals surface area contributed by atoms with Gasteiger partial charge in [0.05, 0.1) is 17.7 Å². The van der Waals surface area contributed by atoms with Crippen LogP contribution in [0.15, 0.2) is 66.0 Å². The molecule has 1 amide bonds. The van der Waals surface area contributed by atoms with Gasteiger partial charge in [0.15, 0.2) is 6.61 Å². The van der Waals surface area contributed by atoms with Crippen LogP contribution in [-0.4, -0.2) is 12.5 Å². The minimum Gasteiger partial charge on any atom is -0.484 e. The summed E-state index contributed by atoms with van der Waals surface area (Å²) in [5.74, 6) is 0.362. The van der Waals surface area contributed by atoms with E-state index in [9.17, 15) is 4.79 Å². The number of nitrogens with zero attached hydrogens (tertiary/aromatic N) is 1. The highest BCUT2D eigenvalue weighted by Gasteiger charge is 2.18. The first-order valence-corrected chi connectivity index (χ1v) is 9.62. The molecule has 0 fully saturated rings. The second kappa shape index (κ2) is 9.02. The van der Waals surface area contributed by atoms with E-state index in [1.54, 1.807) is 35.6 Å². The summed E-state index contributed by atoms with van der Waals surface area (Å²) in [5, 5.41) is 13.9. The van der Waals surface area contributed by atoms with Crippen LogP contribution >= 0.6 is 11.3 Å². The van der Waals surface area contributed by atoms with Gasteiger partial charge in [0.1, 0.15) is 5.75 Å². The Labute approximate surface area is 163 Å². The van der Waals surface area contributed by atoms with E-state index in [2.05, 4.69) is 42.6 Å². The molecule has 2 aromatic carbocycles. The molecule has 0 aliphatic rings. The number of thiophene rings is 1. The Balaban J connectivity index is 1.67. The molecule has 0 aliphatic heterocycles. The number of carbonyl (C=O) groups excluding carboxylic acids is 1. The number of rotatable bonds is 7. The molecule has 4 nitrogen and oxygen atoms in total. The van der Waals surface area contributed by atoms with Gasteiger partial charge in [-0.05, 0) is 53.3 Å². The molecule has 0 saturated carbocycles. The molecule has 0 saturated heterocycles. The number of nitrogens with one attached hydrogen (secondary N) is 1. The first-order valence-electron chi connectivity index (χ1n) is 8.74. The van der Waals surface area contributed by atoms with Crippen molar-refractivity contribution < 1.29 is 9.53 Å². The maximum absolute atomic E-state index is 12.5. The summed E-state index contributed by atoms with van der Waals surface area (Å²) in [6, 6.07) is 20.9. The average Bonchev–Trinajstić information content (AvgIpc) is 3.25. The van der Waals surface area contributed by atoms with Crippen molar-refractivity contribution in [2.24, 2.45) is 0 Å². The monoisotopic (exact) mass is 376 g/mol. The molecule has 0 aliphatic carbocycles. The van der Waals surface area contributed by atoms with Crippen molar-refractivity contribution in [3.8, 4) is 11.8 Å². The summed E-state index contributed by atoms with van der Waals surface area (Å²) in [5.41, 5.74) is 2.86. The van der Waals surface area contributed by atoms with Crippen LogP contribution in [0.25, 0.3) is 0 Å². The molecular weight excluding hydrogens is 356 g/mol. The quantitative estimate of drug-likeness (QED) is 0.662. The van der Waals surface area contributed by atoms with Crippen molar-refractivity contribution in [2.75, 3.05) is 6.61 Å². The fraction of sp³-hybridized carbons (Fsp3) is 0.182. The van der Waals surface area contributed by atoms with Crippen molar-refractivity contribution >= 4 is 17.2 Å². The number of nitriles is 1. The predicted molar refractivity (Wildman–Crippen MR) is 107 cm³/mol. The molecule has 1 aromatic heterocycles.